The molecule has 0 radical (unpaired) electrons. The van der Waals surface area contributed by atoms with Crippen LogP contribution in [-0.2, 0) is 11.0 Å². The summed E-state index contributed by atoms with van der Waals surface area (Å²) in [4.78, 5) is 24.8. The predicted molar refractivity (Wildman–Crippen MR) is 94.6 cm³/mol. The first-order chi connectivity index (χ1) is 12.3. The second-order valence-electron chi connectivity index (χ2n) is 7.25. The number of amides is 2. The van der Waals surface area contributed by atoms with Crippen molar-refractivity contribution < 1.29 is 32.8 Å². The molecule has 0 heterocycles. The Hall–Kier alpha value is -2.07. The van der Waals surface area contributed by atoms with Crippen molar-refractivity contribution in [2.45, 2.75) is 51.8 Å². The van der Waals surface area contributed by atoms with Crippen LogP contribution in [0.2, 0.25) is 0 Å². The van der Waals surface area contributed by atoms with Gasteiger partial charge in [-0.05, 0) is 38.3 Å². The van der Waals surface area contributed by atoms with Crippen molar-refractivity contribution in [1.82, 2.24) is 10.6 Å². The molecule has 1 aromatic carbocycles. The molecular formula is C17H24BF3N2O4. The monoisotopic (exact) mass is 388 g/mol. The molecular weight excluding hydrogens is 364 g/mol. The Bertz CT molecular complexity index is 678. The largest absolute Gasteiger partial charge is 0.475 e. The van der Waals surface area contributed by atoms with Crippen LogP contribution in [0.5, 0.6) is 0 Å². The van der Waals surface area contributed by atoms with Gasteiger partial charge in [0, 0.05) is 0 Å². The van der Waals surface area contributed by atoms with E-state index < -0.39 is 47.7 Å². The number of halogens is 3. The lowest BCUT2D eigenvalue weighted by molar-refractivity contribution is -0.137. The maximum absolute atomic E-state index is 13.1. The van der Waals surface area contributed by atoms with E-state index in [2.05, 4.69) is 10.6 Å². The van der Waals surface area contributed by atoms with E-state index in [-0.39, 0.29) is 12.3 Å². The van der Waals surface area contributed by atoms with Crippen molar-refractivity contribution in [1.29, 1.82) is 0 Å². The van der Waals surface area contributed by atoms with E-state index in [9.17, 15) is 32.8 Å². The number of nitrogens with one attached hydrogen (secondary N) is 2. The zero-order chi connectivity index (χ0) is 21.0. The first-order valence-corrected chi connectivity index (χ1v) is 8.41. The van der Waals surface area contributed by atoms with Crippen LogP contribution in [0.3, 0.4) is 0 Å². The molecule has 1 aromatic rings. The summed E-state index contributed by atoms with van der Waals surface area (Å²) in [7, 11) is -1.81. The SMILES string of the molecule is CC(C)C[C@@H](NC(=O)C(C)(C)NC(=O)c1ccccc1C(F)(F)F)B(O)O. The van der Waals surface area contributed by atoms with Crippen molar-refractivity contribution in [2.24, 2.45) is 5.92 Å². The first kappa shape index (κ1) is 23.0. The van der Waals surface area contributed by atoms with Gasteiger partial charge in [-0.15, -0.1) is 0 Å². The van der Waals surface area contributed by atoms with Gasteiger partial charge in [-0.2, -0.15) is 13.2 Å². The highest BCUT2D eigenvalue weighted by Crippen LogP contribution is 2.32. The summed E-state index contributed by atoms with van der Waals surface area (Å²) in [5.74, 6) is -2.74. The fourth-order valence-electron chi connectivity index (χ4n) is 2.45. The van der Waals surface area contributed by atoms with Crippen LogP contribution >= 0.6 is 0 Å². The van der Waals surface area contributed by atoms with E-state index in [1.807, 2.05) is 13.8 Å². The average molecular weight is 388 g/mol. The van der Waals surface area contributed by atoms with Crippen LogP contribution in [-0.4, -0.2) is 40.5 Å². The Balaban J connectivity index is 2.97. The molecule has 0 unspecified atom stereocenters. The van der Waals surface area contributed by atoms with Crippen LogP contribution in [0.4, 0.5) is 13.2 Å². The van der Waals surface area contributed by atoms with E-state index in [4.69, 9.17) is 0 Å². The highest BCUT2D eigenvalue weighted by atomic mass is 19.4. The standard InChI is InChI=1S/C17H24BF3N2O4/c1-10(2)9-13(18(26)27)22-15(25)16(3,4)23-14(24)11-7-5-6-8-12(11)17(19,20)21/h5-8,10,13,26-27H,9H2,1-4H3,(H,22,25)(H,23,24)/t13-/m1/s1. The third kappa shape index (κ3) is 6.55. The molecule has 0 aliphatic rings. The summed E-state index contributed by atoms with van der Waals surface area (Å²) >= 11 is 0. The minimum absolute atomic E-state index is 0.0495. The number of hydrogen-bond acceptors (Lipinski definition) is 4. The molecule has 1 atom stereocenters. The minimum atomic E-state index is -4.72. The highest BCUT2D eigenvalue weighted by Gasteiger charge is 2.38. The maximum Gasteiger partial charge on any atom is 0.475 e. The average Bonchev–Trinajstić information content (AvgIpc) is 2.52. The molecule has 150 valence electrons. The number of carbonyl (C=O) groups excluding carboxylic acids is 2. The predicted octanol–water partition coefficient (Wildman–Crippen LogP) is 1.76. The molecule has 27 heavy (non-hydrogen) atoms. The number of alkyl halides is 3. The maximum atomic E-state index is 13.1. The van der Waals surface area contributed by atoms with Crippen LogP contribution in [0, 0.1) is 5.92 Å². The smallest absolute Gasteiger partial charge is 0.426 e. The van der Waals surface area contributed by atoms with Gasteiger partial charge in [0.1, 0.15) is 5.54 Å². The van der Waals surface area contributed by atoms with Gasteiger partial charge in [0.25, 0.3) is 5.91 Å². The van der Waals surface area contributed by atoms with Crippen LogP contribution in [0.15, 0.2) is 24.3 Å². The lowest BCUT2D eigenvalue weighted by Gasteiger charge is -2.29. The fourth-order valence-corrected chi connectivity index (χ4v) is 2.45. The molecule has 4 N–H and O–H groups in total. The molecule has 6 nitrogen and oxygen atoms in total. The zero-order valence-corrected chi connectivity index (χ0v) is 15.6. The Kier molecular flexibility index (Phi) is 7.44. The molecule has 0 saturated heterocycles. The van der Waals surface area contributed by atoms with E-state index in [1.54, 1.807) is 0 Å². The Morgan fingerprint density at radius 2 is 1.70 bits per heavy atom. The summed E-state index contributed by atoms with van der Waals surface area (Å²) in [6.07, 6.45) is -4.45. The van der Waals surface area contributed by atoms with Gasteiger partial charge >= 0.3 is 13.3 Å². The van der Waals surface area contributed by atoms with Crippen LogP contribution in [0.25, 0.3) is 0 Å². The summed E-state index contributed by atoms with van der Waals surface area (Å²) < 4.78 is 39.2. The number of hydrogen-bond donors (Lipinski definition) is 4. The third-order valence-electron chi connectivity index (χ3n) is 3.87. The van der Waals surface area contributed by atoms with Gasteiger partial charge < -0.3 is 20.7 Å². The van der Waals surface area contributed by atoms with Crippen molar-refractivity contribution in [3.63, 3.8) is 0 Å². The van der Waals surface area contributed by atoms with Crippen molar-refractivity contribution in [3.05, 3.63) is 35.4 Å². The Labute approximate surface area is 156 Å². The van der Waals surface area contributed by atoms with Crippen molar-refractivity contribution >= 4 is 18.9 Å². The summed E-state index contributed by atoms with van der Waals surface area (Å²) in [5, 5.41) is 23.5. The highest BCUT2D eigenvalue weighted by molar-refractivity contribution is 6.43. The fraction of sp³-hybridized carbons (Fsp3) is 0.529. The van der Waals surface area contributed by atoms with Gasteiger partial charge in [0.05, 0.1) is 17.1 Å². The molecule has 0 bridgehead atoms. The molecule has 0 aromatic heterocycles. The van der Waals surface area contributed by atoms with Gasteiger partial charge in [0.15, 0.2) is 0 Å². The Morgan fingerprint density at radius 3 is 2.19 bits per heavy atom. The molecule has 1 rings (SSSR count). The quantitative estimate of drug-likeness (QED) is 0.535. The molecule has 0 fully saturated rings. The van der Waals surface area contributed by atoms with Gasteiger partial charge in [0.2, 0.25) is 5.91 Å². The number of benzene rings is 1. The third-order valence-corrected chi connectivity index (χ3v) is 3.87. The van der Waals surface area contributed by atoms with Crippen molar-refractivity contribution in [3.8, 4) is 0 Å². The van der Waals surface area contributed by atoms with Gasteiger partial charge in [-0.25, -0.2) is 0 Å². The Morgan fingerprint density at radius 1 is 1.15 bits per heavy atom. The summed E-state index contributed by atoms with van der Waals surface area (Å²) in [6.45, 7) is 6.27. The van der Waals surface area contributed by atoms with Crippen molar-refractivity contribution in [2.75, 3.05) is 0 Å². The summed E-state index contributed by atoms with van der Waals surface area (Å²) in [5.41, 5.74) is -3.30. The molecule has 0 aliphatic carbocycles. The summed E-state index contributed by atoms with van der Waals surface area (Å²) in [6, 6.07) is 4.25. The number of rotatable bonds is 7. The normalized spacial score (nSPS) is 13.3. The van der Waals surface area contributed by atoms with Gasteiger partial charge in [-0.3, -0.25) is 9.59 Å². The second-order valence-corrected chi connectivity index (χ2v) is 7.25. The van der Waals surface area contributed by atoms with Gasteiger partial charge in [-0.1, -0.05) is 26.0 Å². The van der Waals surface area contributed by atoms with E-state index >= 15 is 0 Å². The second kappa shape index (κ2) is 8.75. The molecule has 10 heteroatoms. The van der Waals surface area contributed by atoms with E-state index in [0.29, 0.717) is 0 Å². The van der Waals surface area contributed by atoms with E-state index in [1.165, 1.54) is 19.9 Å². The molecule has 0 aliphatic heterocycles. The van der Waals surface area contributed by atoms with Crippen LogP contribution in [0.1, 0.15) is 50.0 Å². The molecule has 0 saturated carbocycles. The van der Waals surface area contributed by atoms with E-state index in [0.717, 1.165) is 18.2 Å². The molecule has 0 spiro atoms. The lowest BCUT2D eigenvalue weighted by atomic mass is 9.74. The molecule has 2 amide bonds. The number of carbonyl (C=O) groups is 2. The minimum Gasteiger partial charge on any atom is -0.426 e. The van der Waals surface area contributed by atoms with Crippen LogP contribution < -0.4 is 10.6 Å². The zero-order valence-electron chi connectivity index (χ0n) is 15.6. The topological polar surface area (TPSA) is 98.7 Å². The lowest BCUT2D eigenvalue weighted by Crippen LogP contribution is -2.59. The first-order valence-electron chi connectivity index (χ1n) is 8.41.